The third-order valence-corrected chi connectivity index (χ3v) is 3.36. The smallest absolute Gasteiger partial charge is 0.245 e. The molecular weight excluding hydrogens is 266 g/mol. The fraction of sp³-hybridized carbons (Fsp3) is 0.500. The van der Waals surface area contributed by atoms with E-state index in [1.807, 2.05) is 18.2 Å². The number of imidazole rings is 1. The first-order valence-corrected chi connectivity index (χ1v) is 7.46. The van der Waals surface area contributed by atoms with Crippen LogP contribution in [0.5, 0.6) is 0 Å². The molecule has 0 saturated heterocycles. The first kappa shape index (κ1) is 15.5. The van der Waals surface area contributed by atoms with Crippen LogP contribution >= 0.6 is 0 Å². The summed E-state index contributed by atoms with van der Waals surface area (Å²) in [5.41, 5.74) is 2.24. The van der Waals surface area contributed by atoms with Gasteiger partial charge in [-0.1, -0.05) is 19.1 Å². The van der Waals surface area contributed by atoms with E-state index in [2.05, 4.69) is 22.9 Å². The molecule has 0 aliphatic carbocycles. The van der Waals surface area contributed by atoms with Gasteiger partial charge in [0.05, 0.1) is 11.0 Å². The number of benzene rings is 1. The third-order valence-electron chi connectivity index (χ3n) is 3.36. The van der Waals surface area contributed by atoms with Gasteiger partial charge in [0.25, 0.3) is 0 Å². The van der Waals surface area contributed by atoms with E-state index >= 15 is 0 Å². The van der Waals surface area contributed by atoms with Gasteiger partial charge in [-0.2, -0.15) is 0 Å². The Morgan fingerprint density at radius 3 is 2.95 bits per heavy atom. The third kappa shape index (κ3) is 4.04. The molecule has 0 saturated carbocycles. The van der Waals surface area contributed by atoms with Crippen LogP contribution in [0.3, 0.4) is 0 Å². The van der Waals surface area contributed by atoms with Crippen LogP contribution in [0.15, 0.2) is 24.3 Å². The number of methoxy groups -OCH3 is 1. The maximum atomic E-state index is 11.3. The van der Waals surface area contributed by atoms with Crippen molar-refractivity contribution in [3.05, 3.63) is 30.1 Å². The van der Waals surface area contributed by atoms with Gasteiger partial charge in [-0.3, -0.25) is 4.79 Å². The molecule has 5 heteroatoms. The van der Waals surface area contributed by atoms with E-state index < -0.39 is 0 Å². The van der Waals surface area contributed by atoms with Crippen LogP contribution in [0.1, 0.15) is 25.6 Å². The summed E-state index contributed by atoms with van der Waals surface area (Å²) in [6.07, 6.45) is 2.82. The molecule has 0 unspecified atom stereocenters. The van der Waals surface area contributed by atoms with Crippen LogP contribution < -0.4 is 5.32 Å². The van der Waals surface area contributed by atoms with Crippen molar-refractivity contribution >= 4 is 16.9 Å². The fourth-order valence-electron chi connectivity index (χ4n) is 2.45. The summed E-state index contributed by atoms with van der Waals surface area (Å²) in [4.78, 5) is 16.0. The summed E-state index contributed by atoms with van der Waals surface area (Å²) in [5.74, 6) is 1.03. The largest absolute Gasteiger partial charge is 0.375 e. The molecule has 0 fully saturated rings. The average molecular weight is 289 g/mol. The zero-order valence-corrected chi connectivity index (χ0v) is 12.8. The molecule has 21 heavy (non-hydrogen) atoms. The van der Waals surface area contributed by atoms with Crippen molar-refractivity contribution in [2.75, 3.05) is 20.3 Å². The molecular formula is C16H23N3O2. The molecule has 1 N–H and O–H groups in total. The second-order valence-electron chi connectivity index (χ2n) is 5.05. The Bertz CT molecular complexity index is 592. The van der Waals surface area contributed by atoms with Crippen LogP contribution in [0.4, 0.5) is 0 Å². The fourth-order valence-corrected chi connectivity index (χ4v) is 2.45. The molecule has 1 aromatic heterocycles. The molecule has 0 aliphatic rings. The first-order valence-electron chi connectivity index (χ1n) is 7.46. The SMILES string of the molecule is CCCn1c(CCCNC(=O)COC)nc2ccccc21. The first-order chi connectivity index (χ1) is 10.3. The van der Waals surface area contributed by atoms with Gasteiger partial charge in [0.15, 0.2) is 0 Å². The molecule has 0 atom stereocenters. The van der Waals surface area contributed by atoms with Crippen molar-refractivity contribution in [2.45, 2.75) is 32.7 Å². The molecule has 1 aromatic carbocycles. The van der Waals surface area contributed by atoms with Gasteiger partial charge in [-0.05, 0) is 25.0 Å². The van der Waals surface area contributed by atoms with Crippen molar-refractivity contribution < 1.29 is 9.53 Å². The number of rotatable bonds is 8. The van der Waals surface area contributed by atoms with Crippen molar-refractivity contribution in [1.82, 2.24) is 14.9 Å². The lowest BCUT2D eigenvalue weighted by atomic mass is 10.3. The molecule has 2 rings (SSSR count). The van der Waals surface area contributed by atoms with Crippen LogP contribution in [0.25, 0.3) is 11.0 Å². The van der Waals surface area contributed by atoms with E-state index in [-0.39, 0.29) is 12.5 Å². The predicted molar refractivity (Wildman–Crippen MR) is 83.2 cm³/mol. The highest BCUT2D eigenvalue weighted by atomic mass is 16.5. The normalized spacial score (nSPS) is 11.0. The number of ether oxygens (including phenoxy) is 1. The van der Waals surface area contributed by atoms with Crippen LogP contribution in [-0.2, 0) is 22.5 Å². The summed E-state index contributed by atoms with van der Waals surface area (Å²) in [6, 6.07) is 8.22. The van der Waals surface area contributed by atoms with E-state index in [1.54, 1.807) is 0 Å². The van der Waals surface area contributed by atoms with Gasteiger partial charge < -0.3 is 14.6 Å². The number of aromatic nitrogens is 2. The minimum absolute atomic E-state index is 0.0699. The standard InChI is InChI=1S/C16H23N3O2/c1-3-11-19-14-8-5-4-7-13(14)18-15(19)9-6-10-17-16(20)12-21-2/h4-5,7-8H,3,6,9-12H2,1-2H3,(H,17,20). The summed E-state index contributed by atoms with van der Waals surface area (Å²) in [7, 11) is 1.52. The highest BCUT2D eigenvalue weighted by Crippen LogP contribution is 2.17. The molecule has 2 aromatic rings. The van der Waals surface area contributed by atoms with Gasteiger partial charge in [-0.15, -0.1) is 0 Å². The molecule has 0 spiro atoms. The summed E-state index contributed by atoms with van der Waals surface area (Å²) in [5, 5.41) is 2.84. The van der Waals surface area contributed by atoms with E-state index in [0.29, 0.717) is 6.54 Å². The molecule has 0 aliphatic heterocycles. The highest BCUT2D eigenvalue weighted by molar-refractivity contribution is 5.77. The Balaban J connectivity index is 1.97. The molecule has 0 bridgehead atoms. The Morgan fingerprint density at radius 1 is 1.38 bits per heavy atom. The summed E-state index contributed by atoms with van der Waals surface area (Å²) >= 11 is 0. The highest BCUT2D eigenvalue weighted by Gasteiger charge is 2.09. The van der Waals surface area contributed by atoms with Crippen molar-refractivity contribution in [3.63, 3.8) is 0 Å². The van der Waals surface area contributed by atoms with Crippen LogP contribution in [0.2, 0.25) is 0 Å². The van der Waals surface area contributed by atoms with E-state index in [1.165, 1.54) is 12.6 Å². The lowest BCUT2D eigenvalue weighted by Gasteiger charge is -2.08. The van der Waals surface area contributed by atoms with Crippen LogP contribution in [0, 0.1) is 0 Å². The van der Waals surface area contributed by atoms with E-state index in [9.17, 15) is 4.79 Å². The number of carbonyl (C=O) groups is 1. The second kappa shape index (κ2) is 7.78. The summed E-state index contributed by atoms with van der Waals surface area (Å²) < 4.78 is 7.07. The zero-order valence-electron chi connectivity index (χ0n) is 12.8. The minimum atomic E-state index is -0.0699. The Labute approximate surface area is 125 Å². The van der Waals surface area contributed by atoms with Crippen LogP contribution in [-0.4, -0.2) is 35.7 Å². The number of amides is 1. The molecule has 114 valence electrons. The topological polar surface area (TPSA) is 56.2 Å². The quantitative estimate of drug-likeness (QED) is 0.758. The Hall–Kier alpha value is -1.88. The lowest BCUT2D eigenvalue weighted by molar-refractivity contribution is -0.124. The Morgan fingerprint density at radius 2 is 2.19 bits per heavy atom. The average Bonchev–Trinajstić information content (AvgIpc) is 2.83. The molecule has 1 heterocycles. The van der Waals surface area contributed by atoms with Gasteiger partial charge in [-0.25, -0.2) is 4.98 Å². The number of para-hydroxylation sites is 2. The number of carbonyl (C=O) groups excluding carboxylic acids is 1. The maximum Gasteiger partial charge on any atom is 0.245 e. The van der Waals surface area contributed by atoms with Gasteiger partial charge in [0.1, 0.15) is 12.4 Å². The van der Waals surface area contributed by atoms with Crippen molar-refractivity contribution in [3.8, 4) is 0 Å². The predicted octanol–water partition coefficient (Wildman–Crippen LogP) is 2.14. The number of nitrogens with one attached hydrogen (secondary N) is 1. The van der Waals surface area contributed by atoms with Gasteiger partial charge in [0, 0.05) is 26.6 Å². The van der Waals surface area contributed by atoms with Gasteiger partial charge >= 0.3 is 0 Å². The number of hydrogen-bond donors (Lipinski definition) is 1. The molecule has 1 amide bonds. The zero-order chi connectivity index (χ0) is 15.1. The second-order valence-corrected chi connectivity index (χ2v) is 5.05. The van der Waals surface area contributed by atoms with Gasteiger partial charge in [0.2, 0.25) is 5.91 Å². The van der Waals surface area contributed by atoms with E-state index in [4.69, 9.17) is 9.72 Å². The number of hydrogen-bond acceptors (Lipinski definition) is 3. The number of nitrogens with zero attached hydrogens (tertiary/aromatic N) is 2. The molecule has 0 radical (unpaired) electrons. The van der Waals surface area contributed by atoms with Crippen molar-refractivity contribution in [1.29, 1.82) is 0 Å². The van der Waals surface area contributed by atoms with Crippen molar-refractivity contribution in [2.24, 2.45) is 0 Å². The van der Waals surface area contributed by atoms with E-state index in [0.717, 1.165) is 37.1 Å². The lowest BCUT2D eigenvalue weighted by Crippen LogP contribution is -2.28. The number of fused-ring (bicyclic) bond motifs is 1. The summed E-state index contributed by atoms with van der Waals surface area (Å²) in [6.45, 7) is 3.92. The maximum absolute atomic E-state index is 11.3. The monoisotopic (exact) mass is 289 g/mol. The minimum Gasteiger partial charge on any atom is -0.375 e. The Kier molecular flexibility index (Phi) is 5.75. The number of aryl methyl sites for hydroxylation is 2. The molecule has 5 nitrogen and oxygen atoms in total.